The van der Waals surface area contributed by atoms with E-state index < -0.39 is 39.3 Å². The topological polar surface area (TPSA) is 159 Å². The van der Waals surface area contributed by atoms with Gasteiger partial charge >= 0.3 is 5.97 Å². The van der Waals surface area contributed by atoms with E-state index in [1.807, 2.05) is 0 Å². The zero-order valence-electron chi connectivity index (χ0n) is 18.0. The number of benzene rings is 3. The predicted octanol–water partition coefficient (Wildman–Crippen LogP) is 4.57. The van der Waals surface area contributed by atoms with Gasteiger partial charge in [0.15, 0.2) is 11.9 Å². The summed E-state index contributed by atoms with van der Waals surface area (Å²) in [6.07, 6.45) is -1.32. The fourth-order valence-electron chi connectivity index (χ4n) is 3.03. The summed E-state index contributed by atoms with van der Waals surface area (Å²) in [6.45, 7) is 1.29. The maximum atomic E-state index is 13.0. The molecule has 3 aromatic carbocycles. The van der Waals surface area contributed by atoms with Crippen LogP contribution in [0.1, 0.15) is 33.2 Å². The number of hydrogen-bond acceptors (Lipinski definition) is 8. The van der Waals surface area contributed by atoms with Crippen LogP contribution in [0.3, 0.4) is 0 Å². The number of halogens is 1. The van der Waals surface area contributed by atoms with E-state index in [-0.39, 0.29) is 33.1 Å². The molecule has 1 amide bonds. The average molecular weight is 498 g/mol. The number of carbonyl (C=O) groups is 3. The van der Waals surface area contributed by atoms with Crippen LogP contribution in [0.25, 0.3) is 0 Å². The van der Waals surface area contributed by atoms with Gasteiger partial charge in [0.25, 0.3) is 17.3 Å². The molecule has 0 unspecified atom stereocenters. The number of nitro benzene ring substituents is 2. The second-order valence-electron chi connectivity index (χ2n) is 7.14. The van der Waals surface area contributed by atoms with Gasteiger partial charge in [-0.2, -0.15) is 0 Å². The smallest absolute Gasteiger partial charge is 0.339 e. The Bertz CT molecular complexity index is 1360. The molecule has 0 fully saturated rings. The summed E-state index contributed by atoms with van der Waals surface area (Å²) < 4.78 is 5.19. The molecular weight excluding hydrogens is 482 g/mol. The van der Waals surface area contributed by atoms with Gasteiger partial charge in [-0.15, -0.1) is 0 Å². The molecule has 0 spiro atoms. The molecule has 0 heterocycles. The highest BCUT2D eigenvalue weighted by Crippen LogP contribution is 2.27. The molecule has 0 aliphatic heterocycles. The first kappa shape index (κ1) is 25.0. The fourth-order valence-corrected chi connectivity index (χ4v) is 3.21. The lowest BCUT2D eigenvalue weighted by molar-refractivity contribution is -0.384. The van der Waals surface area contributed by atoms with Crippen molar-refractivity contribution in [1.29, 1.82) is 0 Å². The SMILES string of the molecule is C[C@@H](OC(=O)c1ccccc1C(=O)c1ccc(Cl)c([N+](=O)[O-])c1)C(=O)Nc1cccc([N+](=O)[O-])c1. The van der Waals surface area contributed by atoms with Crippen molar-refractivity contribution in [2.75, 3.05) is 5.32 Å². The second-order valence-corrected chi connectivity index (χ2v) is 7.55. The van der Waals surface area contributed by atoms with Gasteiger partial charge in [-0.3, -0.25) is 29.8 Å². The summed E-state index contributed by atoms with van der Waals surface area (Å²) in [5, 5.41) is 24.3. The molecule has 0 saturated carbocycles. The largest absolute Gasteiger partial charge is 0.449 e. The van der Waals surface area contributed by atoms with Gasteiger partial charge in [0.1, 0.15) is 5.02 Å². The van der Waals surface area contributed by atoms with Crippen LogP contribution in [0.4, 0.5) is 17.1 Å². The van der Waals surface area contributed by atoms with Gasteiger partial charge < -0.3 is 10.1 Å². The quantitative estimate of drug-likeness (QED) is 0.205. The maximum absolute atomic E-state index is 13.0. The summed E-state index contributed by atoms with van der Waals surface area (Å²) in [6, 6.07) is 14.3. The predicted molar refractivity (Wildman–Crippen MR) is 125 cm³/mol. The Morgan fingerprint density at radius 1 is 0.914 bits per heavy atom. The van der Waals surface area contributed by atoms with Gasteiger partial charge in [0.05, 0.1) is 15.4 Å². The number of non-ortho nitro benzene ring substituents is 1. The number of esters is 1. The van der Waals surface area contributed by atoms with Gasteiger partial charge in [-0.1, -0.05) is 35.9 Å². The zero-order valence-corrected chi connectivity index (χ0v) is 18.7. The molecule has 3 aromatic rings. The standard InChI is InChI=1S/C23H16ClN3O8/c1-13(22(29)25-15-5-4-6-16(12-15)26(31)32)35-23(30)18-8-3-2-7-17(18)21(28)14-9-10-19(24)20(11-14)27(33)34/h2-13H,1H3,(H,25,29)/t13-/m1/s1. The minimum Gasteiger partial charge on any atom is -0.449 e. The lowest BCUT2D eigenvalue weighted by Crippen LogP contribution is -2.30. The zero-order chi connectivity index (χ0) is 25.7. The highest BCUT2D eigenvalue weighted by molar-refractivity contribution is 6.33. The van der Waals surface area contributed by atoms with Crippen LogP contribution in [-0.2, 0) is 9.53 Å². The molecule has 35 heavy (non-hydrogen) atoms. The number of hydrogen-bond donors (Lipinski definition) is 1. The van der Waals surface area contributed by atoms with Gasteiger partial charge in [-0.25, -0.2) is 4.79 Å². The number of amides is 1. The van der Waals surface area contributed by atoms with Crippen molar-refractivity contribution in [1.82, 2.24) is 0 Å². The van der Waals surface area contributed by atoms with E-state index in [0.717, 1.165) is 12.1 Å². The molecular formula is C23H16ClN3O8. The van der Waals surface area contributed by atoms with Crippen molar-refractivity contribution in [3.63, 3.8) is 0 Å². The van der Waals surface area contributed by atoms with Gasteiger partial charge in [0.2, 0.25) is 0 Å². The highest BCUT2D eigenvalue weighted by Gasteiger charge is 2.25. The molecule has 0 radical (unpaired) electrons. The molecule has 0 aromatic heterocycles. The first-order chi connectivity index (χ1) is 16.6. The number of nitro groups is 2. The molecule has 178 valence electrons. The minimum absolute atomic E-state index is 0.0715. The van der Waals surface area contributed by atoms with Crippen molar-refractivity contribution in [2.45, 2.75) is 13.0 Å². The molecule has 1 atom stereocenters. The Labute approximate surface area is 202 Å². The number of nitrogens with one attached hydrogen (secondary N) is 1. The Balaban J connectivity index is 1.78. The Kier molecular flexibility index (Phi) is 7.52. The molecule has 11 nitrogen and oxygen atoms in total. The third-order valence-electron chi connectivity index (χ3n) is 4.77. The van der Waals surface area contributed by atoms with E-state index in [1.165, 1.54) is 61.5 Å². The van der Waals surface area contributed by atoms with Crippen LogP contribution in [0.5, 0.6) is 0 Å². The maximum Gasteiger partial charge on any atom is 0.339 e. The molecule has 0 aliphatic carbocycles. The van der Waals surface area contributed by atoms with Crippen molar-refractivity contribution in [3.8, 4) is 0 Å². The lowest BCUT2D eigenvalue weighted by Gasteiger charge is -2.15. The summed E-state index contributed by atoms with van der Waals surface area (Å²) in [5.74, 6) is -2.43. The van der Waals surface area contributed by atoms with Crippen LogP contribution < -0.4 is 5.32 Å². The first-order valence-corrected chi connectivity index (χ1v) is 10.3. The van der Waals surface area contributed by atoms with Crippen molar-refractivity contribution >= 4 is 46.3 Å². The Morgan fingerprint density at radius 3 is 2.26 bits per heavy atom. The van der Waals surface area contributed by atoms with E-state index in [4.69, 9.17) is 16.3 Å². The highest BCUT2D eigenvalue weighted by atomic mass is 35.5. The lowest BCUT2D eigenvalue weighted by atomic mass is 9.98. The van der Waals surface area contributed by atoms with Gasteiger partial charge in [0, 0.05) is 35.0 Å². The van der Waals surface area contributed by atoms with Crippen LogP contribution >= 0.6 is 11.6 Å². The van der Waals surface area contributed by atoms with E-state index in [0.29, 0.717) is 0 Å². The molecule has 0 aliphatic rings. The van der Waals surface area contributed by atoms with Crippen molar-refractivity contribution < 1.29 is 29.0 Å². The van der Waals surface area contributed by atoms with Gasteiger partial charge in [-0.05, 0) is 31.2 Å². The second kappa shape index (κ2) is 10.5. The third kappa shape index (κ3) is 5.84. The van der Waals surface area contributed by atoms with Crippen LogP contribution in [0.15, 0.2) is 66.7 Å². The van der Waals surface area contributed by atoms with E-state index in [2.05, 4.69) is 5.32 Å². The minimum atomic E-state index is -1.32. The molecule has 0 saturated heterocycles. The average Bonchev–Trinajstić information content (AvgIpc) is 2.83. The van der Waals surface area contributed by atoms with Crippen LogP contribution in [0, 0.1) is 20.2 Å². The monoisotopic (exact) mass is 497 g/mol. The van der Waals surface area contributed by atoms with E-state index >= 15 is 0 Å². The van der Waals surface area contributed by atoms with Crippen LogP contribution in [-0.4, -0.2) is 33.6 Å². The summed E-state index contributed by atoms with van der Waals surface area (Å²) >= 11 is 5.79. The molecule has 0 bridgehead atoms. The number of anilines is 1. The van der Waals surface area contributed by atoms with E-state index in [1.54, 1.807) is 0 Å². The van der Waals surface area contributed by atoms with Crippen LogP contribution in [0.2, 0.25) is 5.02 Å². The summed E-state index contributed by atoms with van der Waals surface area (Å²) in [7, 11) is 0. The van der Waals surface area contributed by atoms with Crippen molar-refractivity contribution in [2.24, 2.45) is 0 Å². The fraction of sp³-hybridized carbons (Fsp3) is 0.0870. The molecule has 1 N–H and O–H groups in total. The van der Waals surface area contributed by atoms with E-state index in [9.17, 15) is 34.6 Å². The Morgan fingerprint density at radius 2 is 1.60 bits per heavy atom. The molecule has 12 heteroatoms. The first-order valence-electron chi connectivity index (χ1n) is 9.92. The third-order valence-corrected chi connectivity index (χ3v) is 5.09. The number of rotatable bonds is 8. The number of nitrogens with zero attached hydrogens (tertiary/aromatic N) is 2. The molecule has 3 rings (SSSR count). The normalized spacial score (nSPS) is 11.3. The van der Waals surface area contributed by atoms with Crippen molar-refractivity contribution in [3.05, 3.63) is 109 Å². The number of carbonyl (C=O) groups excluding carboxylic acids is 3. The number of ether oxygens (including phenoxy) is 1. The summed E-state index contributed by atoms with van der Waals surface area (Å²) in [5.41, 5.74) is -0.901. The summed E-state index contributed by atoms with van der Waals surface area (Å²) in [4.78, 5) is 58.9. The number of ketones is 1. The Hall–Kier alpha value is -4.64.